The van der Waals surface area contributed by atoms with Gasteiger partial charge in [-0.3, -0.25) is 4.79 Å². The largest absolute Gasteiger partial charge is 0.493 e. The predicted molar refractivity (Wildman–Crippen MR) is 96.7 cm³/mol. The molecule has 0 fully saturated rings. The van der Waals surface area contributed by atoms with Crippen molar-refractivity contribution in [3.05, 3.63) is 65.4 Å². The molecule has 0 aliphatic carbocycles. The molecule has 0 aliphatic heterocycles. The Morgan fingerprint density at radius 2 is 1.89 bits per heavy atom. The molecule has 140 valence electrons. The molecule has 1 aromatic heterocycles. The Bertz CT molecular complexity index is 958. The second-order valence-electron chi connectivity index (χ2n) is 5.34. The highest BCUT2D eigenvalue weighted by molar-refractivity contribution is 6.33. The van der Waals surface area contributed by atoms with E-state index in [9.17, 15) is 13.6 Å². The highest BCUT2D eigenvalue weighted by atomic mass is 35.5. The maximum atomic E-state index is 12.5. The minimum atomic E-state index is -3.02. The van der Waals surface area contributed by atoms with Crippen LogP contribution in [0.1, 0.15) is 10.6 Å². The molecule has 1 heterocycles. The number of rotatable bonds is 6. The fourth-order valence-electron chi connectivity index (χ4n) is 2.40. The van der Waals surface area contributed by atoms with E-state index in [2.05, 4.69) is 10.1 Å². The Labute approximate surface area is 158 Å². The van der Waals surface area contributed by atoms with Crippen LogP contribution < -0.4 is 14.8 Å². The molecule has 0 radical (unpaired) electrons. The van der Waals surface area contributed by atoms with Crippen molar-refractivity contribution in [3.8, 4) is 22.8 Å². The molecule has 27 heavy (non-hydrogen) atoms. The van der Waals surface area contributed by atoms with Crippen molar-refractivity contribution in [2.75, 3.05) is 12.4 Å². The summed E-state index contributed by atoms with van der Waals surface area (Å²) in [4.78, 5) is 12.4. The topological polar surface area (TPSA) is 60.7 Å². The van der Waals surface area contributed by atoms with Crippen LogP contribution in [0.2, 0.25) is 5.02 Å². The Kier molecular flexibility index (Phi) is 5.61. The Morgan fingerprint density at radius 1 is 1.11 bits per heavy atom. The molecule has 0 saturated carbocycles. The molecule has 3 aromatic rings. The van der Waals surface area contributed by atoms with E-state index in [1.165, 1.54) is 31.4 Å². The first kappa shape index (κ1) is 18.7. The minimum Gasteiger partial charge on any atom is -0.493 e. The van der Waals surface area contributed by atoms with Crippen LogP contribution in [-0.4, -0.2) is 19.6 Å². The zero-order valence-electron chi connectivity index (χ0n) is 14.0. The molecule has 0 bridgehead atoms. The number of hydrogen-bond donors (Lipinski definition) is 1. The highest BCUT2D eigenvalue weighted by Gasteiger charge is 2.16. The predicted octanol–water partition coefficient (Wildman–Crippen LogP) is 5.46. The number of hydrogen-bond acceptors (Lipinski definition) is 4. The van der Waals surface area contributed by atoms with Gasteiger partial charge in [-0.1, -0.05) is 23.7 Å². The van der Waals surface area contributed by atoms with Gasteiger partial charge in [0, 0.05) is 17.3 Å². The van der Waals surface area contributed by atoms with Gasteiger partial charge in [-0.15, -0.1) is 0 Å². The molecule has 0 spiro atoms. The third-order valence-electron chi connectivity index (χ3n) is 3.61. The van der Waals surface area contributed by atoms with Gasteiger partial charge in [0.25, 0.3) is 5.91 Å². The lowest BCUT2D eigenvalue weighted by Crippen LogP contribution is -2.11. The van der Waals surface area contributed by atoms with Crippen molar-refractivity contribution in [1.82, 2.24) is 0 Å². The van der Waals surface area contributed by atoms with Crippen molar-refractivity contribution in [1.29, 1.82) is 0 Å². The van der Waals surface area contributed by atoms with E-state index in [1.54, 1.807) is 30.3 Å². The Balaban J connectivity index is 1.79. The summed E-state index contributed by atoms with van der Waals surface area (Å²) in [5.41, 5.74) is 0.891. The Hall–Kier alpha value is -3.06. The van der Waals surface area contributed by atoms with E-state index in [0.717, 1.165) is 0 Å². The normalized spacial score (nSPS) is 10.7. The fraction of sp³-hybridized carbons (Fsp3) is 0.105. The summed E-state index contributed by atoms with van der Waals surface area (Å²) >= 11 is 6.12. The molecule has 5 nitrogen and oxygen atoms in total. The molecule has 0 aliphatic rings. The van der Waals surface area contributed by atoms with Crippen LogP contribution in [0.25, 0.3) is 11.3 Å². The summed E-state index contributed by atoms with van der Waals surface area (Å²) in [6.07, 6.45) is 0. The van der Waals surface area contributed by atoms with Crippen LogP contribution in [0.3, 0.4) is 0 Å². The molecule has 0 saturated heterocycles. The summed E-state index contributed by atoms with van der Waals surface area (Å²) in [5.74, 6) is -0.158. The van der Waals surface area contributed by atoms with Crippen LogP contribution in [0.15, 0.2) is 59.0 Å². The number of halogens is 3. The van der Waals surface area contributed by atoms with Gasteiger partial charge >= 0.3 is 6.61 Å². The van der Waals surface area contributed by atoms with Gasteiger partial charge in [0.15, 0.2) is 17.3 Å². The summed E-state index contributed by atoms with van der Waals surface area (Å²) in [7, 11) is 1.32. The molecular weight excluding hydrogens is 380 g/mol. The molecule has 2 aromatic carbocycles. The first-order valence-corrected chi connectivity index (χ1v) is 8.14. The molecular formula is C19H14ClF2NO4. The number of nitrogens with one attached hydrogen (secondary N) is 1. The lowest BCUT2D eigenvalue weighted by molar-refractivity contribution is -0.0511. The van der Waals surface area contributed by atoms with Crippen LogP contribution in [0, 0.1) is 0 Å². The summed E-state index contributed by atoms with van der Waals surface area (Å²) in [6.45, 7) is -3.02. The van der Waals surface area contributed by atoms with Crippen LogP contribution >= 0.6 is 11.6 Å². The van der Waals surface area contributed by atoms with E-state index in [1.807, 2.05) is 0 Å². The van der Waals surface area contributed by atoms with E-state index in [-0.39, 0.29) is 22.9 Å². The molecule has 0 atom stereocenters. The summed E-state index contributed by atoms with van der Waals surface area (Å²) in [6, 6.07) is 14.3. The van der Waals surface area contributed by atoms with E-state index in [4.69, 9.17) is 20.8 Å². The molecule has 1 N–H and O–H groups in total. The van der Waals surface area contributed by atoms with E-state index >= 15 is 0 Å². The number of carbonyl (C=O) groups excluding carboxylic acids is 1. The van der Waals surface area contributed by atoms with Gasteiger partial charge in [-0.25, -0.2) is 0 Å². The average molecular weight is 394 g/mol. The van der Waals surface area contributed by atoms with E-state index < -0.39 is 12.5 Å². The second-order valence-corrected chi connectivity index (χ2v) is 5.75. The SMILES string of the molecule is COc1ccc(NC(=O)c2ccc(-c3ccccc3Cl)o2)cc1OC(F)F. The second kappa shape index (κ2) is 8.09. The van der Waals surface area contributed by atoms with Crippen molar-refractivity contribution in [3.63, 3.8) is 0 Å². The molecule has 8 heteroatoms. The van der Waals surface area contributed by atoms with Crippen LogP contribution in [0.4, 0.5) is 14.5 Å². The third kappa shape index (κ3) is 4.38. The first-order chi connectivity index (χ1) is 13.0. The van der Waals surface area contributed by atoms with Gasteiger partial charge in [0.1, 0.15) is 5.76 Å². The number of amides is 1. The summed E-state index contributed by atoms with van der Waals surface area (Å²) < 4.78 is 39.9. The average Bonchev–Trinajstić information content (AvgIpc) is 3.12. The van der Waals surface area contributed by atoms with Gasteiger partial charge in [0.05, 0.1) is 12.1 Å². The fourth-order valence-corrected chi connectivity index (χ4v) is 2.63. The zero-order valence-corrected chi connectivity index (χ0v) is 14.8. The first-order valence-electron chi connectivity index (χ1n) is 7.77. The monoisotopic (exact) mass is 393 g/mol. The standard InChI is InChI=1S/C19H14ClF2NO4/c1-25-15-7-6-11(10-17(15)27-19(21)22)23-18(24)16-9-8-14(26-16)12-4-2-3-5-13(12)20/h2-10,19H,1H3,(H,23,24). The third-order valence-corrected chi connectivity index (χ3v) is 3.94. The van der Waals surface area contributed by atoms with Crippen molar-refractivity contribution < 1.29 is 27.5 Å². The van der Waals surface area contributed by atoms with Crippen LogP contribution in [0.5, 0.6) is 11.5 Å². The molecule has 0 unspecified atom stereocenters. The number of benzene rings is 2. The Morgan fingerprint density at radius 3 is 2.59 bits per heavy atom. The van der Waals surface area contributed by atoms with Gasteiger partial charge < -0.3 is 19.2 Å². The number of methoxy groups -OCH3 is 1. The number of anilines is 1. The lowest BCUT2D eigenvalue weighted by atomic mass is 10.2. The molecule has 1 amide bonds. The summed E-state index contributed by atoms with van der Waals surface area (Å²) in [5, 5.41) is 3.05. The number of ether oxygens (including phenoxy) is 2. The lowest BCUT2D eigenvalue weighted by Gasteiger charge is -2.11. The zero-order chi connectivity index (χ0) is 19.4. The van der Waals surface area contributed by atoms with Crippen LogP contribution in [-0.2, 0) is 0 Å². The maximum Gasteiger partial charge on any atom is 0.387 e. The van der Waals surface area contributed by atoms with Crippen molar-refractivity contribution in [2.45, 2.75) is 6.61 Å². The molecule has 3 rings (SSSR count). The van der Waals surface area contributed by atoms with Crippen molar-refractivity contribution >= 4 is 23.2 Å². The van der Waals surface area contributed by atoms with E-state index in [0.29, 0.717) is 16.3 Å². The number of carbonyl (C=O) groups is 1. The van der Waals surface area contributed by atoms with Gasteiger partial charge in [0.2, 0.25) is 0 Å². The van der Waals surface area contributed by atoms with Crippen molar-refractivity contribution in [2.24, 2.45) is 0 Å². The van der Waals surface area contributed by atoms with Gasteiger partial charge in [-0.05, 0) is 36.4 Å². The minimum absolute atomic E-state index is 0.0389. The maximum absolute atomic E-state index is 12.5. The van der Waals surface area contributed by atoms with Gasteiger partial charge in [-0.2, -0.15) is 8.78 Å². The quantitative estimate of drug-likeness (QED) is 0.604. The highest BCUT2D eigenvalue weighted by Crippen LogP contribution is 2.32. The number of alkyl halides is 2. The smallest absolute Gasteiger partial charge is 0.387 e. The number of furan rings is 1.